The molecule has 2 aromatic carbocycles. The van der Waals surface area contributed by atoms with Crippen molar-refractivity contribution in [3.05, 3.63) is 64.7 Å². The lowest BCUT2D eigenvalue weighted by atomic mass is 10.2. The monoisotopic (exact) mass is 274 g/mol. The first kappa shape index (κ1) is 13.4. The van der Waals surface area contributed by atoms with E-state index in [-0.39, 0.29) is 0 Å². The van der Waals surface area contributed by atoms with E-state index in [4.69, 9.17) is 16.3 Å². The minimum atomic E-state index is 0.504. The first-order valence-electron chi connectivity index (χ1n) is 5.95. The maximum Gasteiger partial charge on any atom is 0.138 e. The van der Waals surface area contributed by atoms with E-state index in [0.29, 0.717) is 17.4 Å². The lowest BCUT2D eigenvalue weighted by Gasteiger charge is -2.08. The molecule has 3 nitrogen and oxygen atoms in total. The molecule has 0 radical (unpaired) electrons. The second-order valence-corrected chi connectivity index (χ2v) is 4.35. The van der Waals surface area contributed by atoms with Crippen molar-refractivity contribution in [2.24, 2.45) is 5.10 Å². The molecule has 2 rings (SSSR count). The average Bonchev–Trinajstić information content (AvgIpc) is 2.45. The summed E-state index contributed by atoms with van der Waals surface area (Å²) in [6.45, 7) is 0.504. The SMILES string of the molecule is CN/N=C/c1ccc(OCc2ccccc2)c(Cl)c1. The van der Waals surface area contributed by atoms with Crippen molar-refractivity contribution in [2.45, 2.75) is 6.61 Å². The Kier molecular flexibility index (Phi) is 4.81. The quantitative estimate of drug-likeness (QED) is 0.669. The van der Waals surface area contributed by atoms with Crippen molar-refractivity contribution in [1.82, 2.24) is 5.43 Å². The normalized spacial score (nSPS) is 10.6. The molecule has 0 aliphatic rings. The first-order valence-corrected chi connectivity index (χ1v) is 6.33. The van der Waals surface area contributed by atoms with Crippen LogP contribution in [0.25, 0.3) is 0 Å². The van der Waals surface area contributed by atoms with Crippen LogP contribution in [0.2, 0.25) is 5.02 Å². The average molecular weight is 275 g/mol. The second-order valence-electron chi connectivity index (χ2n) is 3.95. The van der Waals surface area contributed by atoms with Gasteiger partial charge in [0.05, 0.1) is 11.2 Å². The molecule has 4 heteroatoms. The summed E-state index contributed by atoms with van der Waals surface area (Å²) in [6.07, 6.45) is 1.70. The highest BCUT2D eigenvalue weighted by atomic mass is 35.5. The second kappa shape index (κ2) is 6.81. The number of hydrogen-bond donors (Lipinski definition) is 1. The molecule has 0 saturated heterocycles. The molecule has 19 heavy (non-hydrogen) atoms. The van der Waals surface area contributed by atoms with Gasteiger partial charge in [-0.2, -0.15) is 5.10 Å². The van der Waals surface area contributed by atoms with Gasteiger partial charge in [0, 0.05) is 7.05 Å². The topological polar surface area (TPSA) is 33.6 Å². The van der Waals surface area contributed by atoms with Crippen molar-refractivity contribution in [3.8, 4) is 5.75 Å². The van der Waals surface area contributed by atoms with Crippen molar-refractivity contribution in [1.29, 1.82) is 0 Å². The van der Waals surface area contributed by atoms with Crippen molar-refractivity contribution in [2.75, 3.05) is 7.05 Å². The molecule has 0 heterocycles. The van der Waals surface area contributed by atoms with E-state index >= 15 is 0 Å². The van der Waals surface area contributed by atoms with E-state index in [9.17, 15) is 0 Å². The predicted octanol–water partition coefficient (Wildman–Crippen LogP) is 3.47. The first-order chi connectivity index (χ1) is 9.29. The van der Waals surface area contributed by atoms with Crippen molar-refractivity contribution < 1.29 is 4.74 Å². The lowest BCUT2D eigenvalue weighted by molar-refractivity contribution is 0.306. The van der Waals surface area contributed by atoms with Gasteiger partial charge in [0.2, 0.25) is 0 Å². The molecular formula is C15H15ClN2O. The maximum absolute atomic E-state index is 6.17. The fourth-order valence-corrected chi connectivity index (χ4v) is 1.83. The summed E-state index contributed by atoms with van der Waals surface area (Å²) in [7, 11) is 1.75. The van der Waals surface area contributed by atoms with Crippen LogP contribution in [-0.4, -0.2) is 13.3 Å². The molecule has 0 saturated carbocycles. The summed E-state index contributed by atoms with van der Waals surface area (Å²) >= 11 is 6.17. The van der Waals surface area contributed by atoms with Crippen LogP contribution in [-0.2, 0) is 6.61 Å². The van der Waals surface area contributed by atoms with Gasteiger partial charge in [0.1, 0.15) is 12.4 Å². The van der Waals surface area contributed by atoms with E-state index in [0.717, 1.165) is 11.1 Å². The predicted molar refractivity (Wildman–Crippen MR) is 78.9 cm³/mol. The third-order valence-electron chi connectivity index (χ3n) is 2.54. The van der Waals surface area contributed by atoms with E-state index in [1.54, 1.807) is 13.3 Å². The number of nitrogens with one attached hydrogen (secondary N) is 1. The number of hydrogen-bond acceptors (Lipinski definition) is 3. The number of benzene rings is 2. The van der Waals surface area contributed by atoms with E-state index < -0.39 is 0 Å². The fraction of sp³-hybridized carbons (Fsp3) is 0.133. The van der Waals surface area contributed by atoms with Gasteiger partial charge in [-0.15, -0.1) is 0 Å². The third kappa shape index (κ3) is 4.00. The summed E-state index contributed by atoms with van der Waals surface area (Å²) in [5, 5.41) is 4.51. The van der Waals surface area contributed by atoms with E-state index in [1.807, 2.05) is 48.5 Å². The Morgan fingerprint density at radius 3 is 2.68 bits per heavy atom. The molecule has 1 N–H and O–H groups in total. The summed E-state index contributed by atoms with van der Waals surface area (Å²) in [4.78, 5) is 0. The minimum Gasteiger partial charge on any atom is -0.487 e. The molecular weight excluding hydrogens is 260 g/mol. The largest absolute Gasteiger partial charge is 0.487 e. The molecule has 0 unspecified atom stereocenters. The van der Waals surface area contributed by atoms with Crippen LogP contribution in [0.1, 0.15) is 11.1 Å². The molecule has 0 bridgehead atoms. The Morgan fingerprint density at radius 1 is 1.21 bits per heavy atom. The number of nitrogens with zero attached hydrogens (tertiary/aromatic N) is 1. The van der Waals surface area contributed by atoms with Gasteiger partial charge in [-0.05, 0) is 29.3 Å². The molecule has 0 spiro atoms. The summed E-state index contributed by atoms with van der Waals surface area (Å²) in [5.41, 5.74) is 4.73. The molecule has 0 aliphatic carbocycles. The summed E-state index contributed by atoms with van der Waals surface area (Å²) < 4.78 is 5.69. The number of hydrazone groups is 1. The van der Waals surface area contributed by atoms with Gasteiger partial charge < -0.3 is 10.2 Å². The van der Waals surface area contributed by atoms with Crippen LogP contribution in [0.4, 0.5) is 0 Å². The molecule has 0 aromatic heterocycles. The van der Waals surface area contributed by atoms with Gasteiger partial charge in [-0.3, -0.25) is 0 Å². The molecule has 2 aromatic rings. The molecule has 0 aliphatic heterocycles. The van der Waals surface area contributed by atoms with Crippen LogP contribution in [0.3, 0.4) is 0 Å². The smallest absolute Gasteiger partial charge is 0.138 e. The zero-order chi connectivity index (χ0) is 13.5. The number of rotatable bonds is 5. The summed E-state index contributed by atoms with van der Waals surface area (Å²) in [6, 6.07) is 15.6. The number of halogens is 1. The van der Waals surface area contributed by atoms with Crippen LogP contribution in [0, 0.1) is 0 Å². The Balaban J connectivity index is 2.03. The Bertz CT molecular complexity index is 555. The maximum atomic E-state index is 6.17. The van der Waals surface area contributed by atoms with Gasteiger partial charge in [0.15, 0.2) is 0 Å². The van der Waals surface area contributed by atoms with Crippen LogP contribution in [0.5, 0.6) is 5.75 Å². The fourth-order valence-electron chi connectivity index (χ4n) is 1.59. The van der Waals surface area contributed by atoms with Crippen molar-refractivity contribution in [3.63, 3.8) is 0 Å². The molecule has 0 fully saturated rings. The Hall–Kier alpha value is -2.00. The highest BCUT2D eigenvalue weighted by Gasteiger charge is 2.02. The van der Waals surface area contributed by atoms with Gasteiger partial charge in [-0.25, -0.2) is 0 Å². The zero-order valence-corrected chi connectivity index (χ0v) is 11.4. The highest BCUT2D eigenvalue weighted by Crippen LogP contribution is 2.25. The Labute approximate surface area is 117 Å². The van der Waals surface area contributed by atoms with Gasteiger partial charge in [0.25, 0.3) is 0 Å². The summed E-state index contributed by atoms with van der Waals surface area (Å²) in [5.74, 6) is 0.673. The van der Waals surface area contributed by atoms with Crippen molar-refractivity contribution >= 4 is 17.8 Å². The standard InChI is InChI=1S/C15H15ClN2O/c1-17-18-10-13-7-8-15(14(16)9-13)19-11-12-5-3-2-4-6-12/h2-10,17H,11H2,1H3/b18-10+. The van der Waals surface area contributed by atoms with Gasteiger partial charge in [-0.1, -0.05) is 41.9 Å². The highest BCUT2D eigenvalue weighted by molar-refractivity contribution is 6.32. The van der Waals surface area contributed by atoms with E-state index in [2.05, 4.69) is 10.5 Å². The van der Waals surface area contributed by atoms with Crippen LogP contribution in [0.15, 0.2) is 53.6 Å². The van der Waals surface area contributed by atoms with Crippen LogP contribution >= 0.6 is 11.6 Å². The van der Waals surface area contributed by atoms with Crippen LogP contribution < -0.4 is 10.2 Å². The molecule has 98 valence electrons. The number of ether oxygens (including phenoxy) is 1. The third-order valence-corrected chi connectivity index (χ3v) is 2.83. The minimum absolute atomic E-state index is 0.504. The zero-order valence-electron chi connectivity index (χ0n) is 10.6. The molecule has 0 amide bonds. The van der Waals surface area contributed by atoms with E-state index in [1.165, 1.54) is 0 Å². The van der Waals surface area contributed by atoms with Gasteiger partial charge >= 0.3 is 0 Å². The Morgan fingerprint density at radius 2 is 2.00 bits per heavy atom. The lowest BCUT2D eigenvalue weighted by Crippen LogP contribution is -1.97. The molecule has 0 atom stereocenters.